The number of nitrogens with zero attached hydrogens (tertiary/aromatic N) is 2. The van der Waals surface area contributed by atoms with Crippen LogP contribution in [0, 0.1) is 0 Å². The molecule has 0 saturated carbocycles. The van der Waals surface area contributed by atoms with E-state index in [9.17, 15) is 4.79 Å². The van der Waals surface area contributed by atoms with Crippen LogP contribution in [0.3, 0.4) is 0 Å². The first-order valence-corrected chi connectivity index (χ1v) is 4.75. The molecule has 1 aromatic rings. The Balaban J connectivity index is 2.22. The summed E-state index contributed by atoms with van der Waals surface area (Å²) in [6.45, 7) is 2.78. The van der Waals surface area contributed by atoms with E-state index in [1.54, 1.807) is 10.9 Å². The molecular formula is C8H10N4OS. The van der Waals surface area contributed by atoms with Gasteiger partial charge in [-0.1, -0.05) is 0 Å². The quantitative estimate of drug-likeness (QED) is 0.672. The van der Waals surface area contributed by atoms with Crippen molar-refractivity contribution in [3.8, 4) is 0 Å². The molecule has 0 radical (unpaired) electrons. The Bertz CT molecular complexity index is 386. The van der Waals surface area contributed by atoms with E-state index in [2.05, 4.69) is 15.7 Å². The van der Waals surface area contributed by atoms with E-state index in [0.717, 1.165) is 12.1 Å². The molecular weight excluding hydrogens is 200 g/mol. The maximum Gasteiger partial charge on any atom is 0.253 e. The first kappa shape index (κ1) is 9.14. The van der Waals surface area contributed by atoms with Crippen LogP contribution in [0.15, 0.2) is 12.4 Å². The minimum Gasteiger partial charge on any atom is -0.347 e. The van der Waals surface area contributed by atoms with Crippen molar-refractivity contribution in [3.05, 3.63) is 18.0 Å². The van der Waals surface area contributed by atoms with Gasteiger partial charge in [0.25, 0.3) is 5.91 Å². The minimum absolute atomic E-state index is 0.120. The molecule has 5 nitrogen and oxygen atoms in total. The summed E-state index contributed by atoms with van der Waals surface area (Å²) in [4.78, 5) is 11.4. The summed E-state index contributed by atoms with van der Waals surface area (Å²) in [6, 6.07) is -0.386. The van der Waals surface area contributed by atoms with E-state index in [0.29, 0.717) is 5.11 Å². The number of aryl methyl sites for hydroxylation is 1. The molecule has 1 aliphatic heterocycles. The number of carbonyl (C=O) groups is 1. The highest BCUT2D eigenvalue weighted by molar-refractivity contribution is 7.80. The zero-order valence-corrected chi connectivity index (χ0v) is 8.47. The van der Waals surface area contributed by atoms with E-state index in [1.165, 1.54) is 0 Å². The van der Waals surface area contributed by atoms with E-state index < -0.39 is 0 Å². The molecule has 2 rings (SSSR count). The van der Waals surface area contributed by atoms with Gasteiger partial charge in [0.05, 0.1) is 6.20 Å². The van der Waals surface area contributed by atoms with Crippen molar-refractivity contribution in [1.82, 2.24) is 20.4 Å². The molecule has 1 amide bonds. The number of hydrogen-bond acceptors (Lipinski definition) is 3. The summed E-state index contributed by atoms with van der Waals surface area (Å²) >= 11 is 4.84. The lowest BCUT2D eigenvalue weighted by Gasteiger charge is -2.02. The second-order valence-electron chi connectivity index (χ2n) is 3.03. The molecule has 0 spiro atoms. The lowest BCUT2D eigenvalue weighted by molar-refractivity contribution is -0.120. The lowest BCUT2D eigenvalue weighted by Crippen LogP contribution is -2.21. The fourth-order valence-electron chi connectivity index (χ4n) is 1.35. The van der Waals surface area contributed by atoms with Crippen molar-refractivity contribution in [2.75, 3.05) is 0 Å². The highest BCUT2D eigenvalue weighted by atomic mass is 32.1. The molecule has 14 heavy (non-hydrogen) atoms. The van der Waals surface area contributed by atoms with Crippen LogP contribution in [-0.2, 0) is 11.3 Å². The van der Waals surface area contributed by atoms with E-state index >= 15 is 0 Å². The van der Waals surface area contributed by atoms with Gasteiger partial charge in [0.2, 0.25) is 0 Å². The smallest absolute Gasteiger partial charge is 0.253 e. The molecule has 6 heteroatoms. The number of thiocarbonyl (C=S) groups is 1. The van der Waals surface area contributed by atoms with Gasteiger partial charge in [-0.05, 0) is 19.1 Å². The molecule has 1 aromatic heterocycles. The zero-order chi connectivity index (χ0) is 10.1. The summed E-state index contributed by atoms with van der Waals surface area (Å²) in [5.74, 6) is -0.120. The van der Waals surface area contributed by atoms with Crippen molar-refractivity contribution in [1.29, 1.82) is 0 Å². The summed E-state index contributed by atoms with van der Waals surface area (Å²) in [7, 11) is 0. The maximum atomic E-state index is 11.4. The van der Waals surface area contributed by atoms with Gasteiger partial charge in [0.15, 0.2) is 5.11 Å². The minimum atomic E-state index is -0.386. The van der Waals surface area contributed by atoms with Crippen molar-refractivity contribution >= 4 is 23.2 Å². The monoisotopic (exact) mass is 210 g/mol. The van der Waals surface area contributed by atoms with Gasteiger partial charge in [-0.15, -0.1) is 0 Å². The Kier molecular flexibility index (Phi) is 2.20. The molecule has 1 fully saturated rings. The highest BCUT2D eigenvalue weighted by Crippen LogP contribution is 2.15. The SMILES string of the molecule is CCn1cc(C2NC(=S)NC2=O)cn1. The lowest BCUT2D eigenvalue weighted by atomic mass is 10.2. The predicted octanol–water partition coefficient (Wildman–Crippen LogP) is -0.0516. The van der Waals surface area contributed by atoms with Crippen LogP contribution < -0.4 is 10.6 Å². The van der Waals surface area contributed by atoms with Gasteiger partial charge in [0.1, 0.15) is 6.04 Å². The van der Waals surface area contributed by atoms with Crippen molar-refractivity contribution in [2.45, 2.75) is 19.5 Å². The van der Waals surface area contributed by atoms with E-state index in [-0.39, 0.29) is 11.9 Å². The summed E-state index contributed by atoms with van der Waals surface area (Å²) in [6.07, 6.45) is 3.51. The van der Waals surface area contributed by atoms with E-state index in [4.69, 9.17) is 12.2 Å². The van der Waals surface area contributed by atoms with Crippen LogP contribution in [0.25, 0.3) is 0 Å². The molecule has 1 aliphatic rings. The fraction of sp³-hybridized carbons (Fsp3) is 0.375. The average molecular weight is 210 g/mol. The first-order valence-electron chi connectivity index (χ1n) is 4.34. The van der Waals surface area contributed by atoms with Crippen LogP contribution in [0.1, 0.15) is 18.5 Å². The average Bonchev–Trinajstić information content (AvgIpc) is 2.71. The largest absolute Gasteiger partial charge is 0.347 e. The summed E-state index contributed by atoms with van der Waals surface area (Å²) in [5, 5.41) is 9.88. The van der Waals surface area contributed by atoms with Crippen molar-refractivity contribution in [3.63, 3.8) is 0 Å². The van der Waals surface area contributed by atoms with Gasteiger partial charge in [-0.25, -0.2) is 0 Å². The number of hydrogen-bond donors (Lipinski definition) is 2. The Morgan fingerprint density at radius 3 is 3.00 bits per heavy atom. The van der Waals surface area contributed by atoms with Crippen LogP contribution >= 0.6 is 12.2 Å². The molecule has 1 atom stereocenters. The maximum absolute atomic E-state index is 11.4. The number of rotatable bonds is 2. The van der Waals surface area contributed by atoms with Crippen molar-refractivity contribution in [2.24, 2.45) is 0 Å². The van der Waals surface area contributed by atoms with Crippen LogP contribution in [0.4, 0.5) is 0 Å². The number of amides is 1. The third-order valence-corrected chi connectivity index (χ3v) is 2.30. The molecule has 1 saturated heterocycles. The third-order valence-electron chi connectivity index (χ3n) is 2.08. The Labute approximate surface area is 86.5 Å². The van der Waals surface area contributed by atoms with Crippen molar-refractivity contribution < 1.29 is 4.79 Å². The third kappa shape index (κ3) is 1.48. The molecule has 0 aliphatic carbocycles. The topological polar surface area (TPSA) is 59.0 Å². The standard InChI is InChI=1S/C8H10N4OS/c1-2-12-4-5(3-9-12)6-7(13)11-8(14)10-6/h3-4,6H,2H2,1H3,(H2,10,11,13,14). The van der Waals surface area contributed by atoms with Gasteiger partial charge < -0.3 is 10.6 Å². The molecule has 2 N–H and O–H groups in total. The summed E-state index contributed by atoms with van der Waals surface area (Å²) < 4.78 is 1.77. The Morgan fingerprint density at radius 2 is 2.50 bits per heavy atom. The fourth-order valence-corrected chi connectivity index (χ4v) is 1.57. The molecule has 74 valence electrons. The Hall–Kier alpha value is -1.43. The number of carbonyl (C=O) groups excluding carboxylic acids is 1. The summed E-state index contributed by atoms with van der Waals surface area (Å²) in [5.41, 5.74) is 0.837. The zero-order valence-electron chi connectivity index (χ0n) is 7.65. The van der Waals surface area contributed by atoms with Gasteiger partial charge in [-0.2, -0.15) is 5.10 Å². The van der Waals surface area contributed by atoms with Crippen LogP contribution in [0.2, 0.25) is 0 Å². The molecule has 0 bridgehead atoms. The molecule has 0 aromatic carbocycles. The Morgan fingerprint density at radius 1 is 1.71 bits per heavy atom. The second-order valence-corrected chi connectivity index (χ2v) is 3.43. The van der Waals surface area contributed by atoms with Crippen LogP contribution in [0.5, 0.6) is 0 Å². The van der Waals surface area contributed by atoms with E-state index in [1.807, 2.05) is 13.1 Å². The van der Waals surface area contributed by atoms with Crippen LogP contribution in [-0.4, -0.2) is 20.8 Å². The predicted molar refractivity (Wildman–Crippen MR) is 54.5 cm³/mol. The number of nitrogens with one attached hydrogen (secondary N) is 2. The van der Waals surface area contributed by atoms with Gasteiger partial charge in [0, 0.05) is 18.3 Å². The molecule has 1 unspecified atom stereocenters. The van der Waals surface area contributed by atoms with Gasteiger partial charge in [-0.3, -0.25) is 9.48 Å². The van der Waals surface area contributed by atoms with Gasteiger partial charge >= 0.3 is 0 Å². The first-order chi connectivity index (χ1) is 6.70. The normalized spacial score (nSPS) is 20.8. The number of aromatic nitrogens is 2. The molecule has 2 heterocycles. The second kappa shape index (κ2) is 3.38. The highest BCUT2D eigenvalue weighted by Gasteiger charge is 2.29.